The van der Waals surface area contributed by atoms with E-state index in [1.165, 1.54) is 18.5 Å². The highest BCUT2D eigenvalue weighted by Gasteiger charge is 2.63. The van der Waals surface area contributed by atoms with E-state index < -0.39 is 29.3 Å². The van der Waals surface area contributed by atoms with Crippen LogP contribution in [0.3, 0.4) is 0 Å². The summed E-state index contributed by atoms with van der Waals surface area (Å²) in [6, 6.07) is 12.9. The summed E-state index contributed by atoms with van der Waals surface area (Å²) in [6.07, 6.45) is 1.45. The first-order valence-electron chi connectivity index (χ1n) is 10.2. The molecular formula is C23H21N5O4. The minimum atomic E-state index is -1.69. The number of imide groups is 2. The molecule has 3 aromatic rings. The third-order valence-electron chi connectivity index (χ3n) is 6.51. The van der Waals surface area contributed by atoms with E-state index in [1.807, 2.05) is 30.3 Å². The highest BCUT2D eigenvalue weighted by molar-refractivity contribution is 6.20. The van der Waals surface area contributed by atoms with Gasteiger partial charge in [-0.25, -0.2) is 9.78 Å². The van der Waals surface area contributed by atoms with Crippen molar-refractivity contribution in [2.75, 3.05) is 26.0 Å². The molecule has 2 aliphatic heterocycles. The number of benzene rings is 1. The molecular weight excluding hydrogens is 410 g/mol. The van der Waals surface area contributed by atoms with Gasteiger partial charge in [-0.05, 0) is 17.7 Å². The molecule has 0 N–H and O–H groups in total. The maximum Gasteiger partial charge on any atom is 0.332 e. The van der Waals surface area contributed by atoms with Gasteiger partial charge in [0.2, 0.25) is 11.8 Å². The molecule has 1 spiro atoms. The third-order valence-corrected chi connectivity index (χ3v) is 6.51. The van der Waals surface area contributed by atoms with Crippen LogP contribution in [0, 0.1) is 5.41 Å². The topological polar surface area (TPSA) is 95.3 Å². The number of anilines is 1. The summed E-state index contributed by atoms with van der Waals surface area (Å²) >= 11 is 0. The largest absolute Gasteiger partial charge is 0.351 e. The van der Waals surface area contributed by atoms with E-state index in [2.05, 4.69) is 4.98 Å². The van der Waals surface area contributed by atoms with Crippen LogP contribution in [0.5, 0.6) is 0 Å². The number of pyridine rings is 1. The molecule has 1 unspecified atom stereocenters. The monoisotopic (exact) mass is 431 g/mol. The van der Waals surface area contributed by atoms with E-state index in [0.29, 0.717) is 17.0 Å². The Morgan fingerprint density at radius 3 is 2.16 bits per heavy atom. The van der Waals surface area contributed by atoms with Crippen LogP contribution in [0.25, 0.3) is 5.65 Å². The van der Waals surface area contributed by atoms with Gasteiger partial charge in [0.25, 0.3) is 5.56 Å². The second-order valence-corrected chi connectivity index (χ2v) is 8.23. The number of fused-ring (bicyclic) bond motifs is 2. The summed E-state index contributed by atoms with van der Waals surface area (Å²) in [5.74, 6) is -0.840. The Morgan fingerprint density at radius 1 is 0.875 bits per heavy atom. The number of amides is 4. The van der Waals surface area contributed by atoms with E-state index in [-0.39, 0.29) is 17.5 Å². The summed E-state index contributed by atoms with van der Waals surface area (Å²) < 4.78 is 1.40. The molecule has 5 rings (SSSR count). The van der Waals surface area contributed by atoms with Gasteiger partial charge in [0.05, 0.1) is 11.6 Å². The van der Waals surface area contributed by atoms with Crippen LogP contribution in [0.4, 0.5) is 10.6 Å². The Balaban J connectivity index is 1.85. The Kier molecular flexibility index (Phi) is 4.20. The highest BCUT2D eigenvalue weighted by atomic mass is 16.2. The molecule has 4 heterocycles. The molecule has 1 saturated heterocycles. The maximum absolute atomic E-state index is 13.7. The molecule has 32 heavy (non-hydrogen) atoms. The van der Waals surface area contributed by atoms with Crippen molar-refractivity contribution >= 4 is 29.3 Å². The summed E-state index contributed by atoms with van der Waals surface area (Å²) in [5.41, 5.74) is -0.581. The van der Waals surface area contributed by atoms with Crippen molar-refractivity contribution in [1.82, 2.24) is 19.2 Å². The number of rotatable bonds is 1. The predicted octanol–water partition coefficient (Wildman–Crippen LogP) is 1.46. The van der Waals surface area contributed by atoms with E-state index in [4.69, 9.17) is 0 Å². The fraction of sp³-hybridized carbons (Fsp3) is 0.261. The molecule has 0 saturated carbocycles. The zero-order valence-electron chi connectivity index (χ0n) is 17.8. The first kappa shape index (κ1) is 19.9. The first-order valence-corrected chi connectivity index (χ1v) is 10.2. The van der Waals surface area contributed by atoms with Crippen molar-refractivity contribution in [1.29, 1.82) is 0 Å². The molecule has 4 amide bonds. The third kappa shape index (κ3) is 2.41. The van der Waals surface area contributed by atoms with Gasteiger partial charge in [0.1, 0.15) is 11.5 Å². The molecule has 0 aliphatic carbocycles. The van der Waals surface area contributed by atoms with Crippen LogP contribution in [0.15, 0.2) is 59.5 Å². The quantitative estimate of drug-likeness (QED) is 0.542. The van der Waals surface area contributed by atoms with Crippen LogP contribution in [-0.2, 0) is 16.0 Å². The van der Waals surface area contributed by atoms with Gasteiger partial charge in [-0.15, -0.1) is 0 Å². The number of hydrogen-bond acceptors (Lipinski definition) is 6. The van der Waals surface area contributed by atoms with Crippen molar-refractivity contribution in [2.24, 2.45) is 5.41 Å². The average molecular weight is 431 g/mol. The maximum atomic E-state index is 13.7. The lowest BCUT2D eigenvalue weighted by molar-refractivity contribution is -0.159. The van der Waals surface area contributed by atoms with Gasteiger partial charge in [-0.2, -0.15) is 0 Å². The van der Waals surface area contributed by atoms with Crippen molar-refractivity contribution in [2.45, 2.75) is 12.5 Å². The van der Waals surface area contributed by atoms with Gasteiger partial charge in [-0.1, -0.05) is 36.4 Å². The minimum Gasteiger partial charge on any atom is -0.351 e. The van der Waals surface area contributed by atoms with Crippen LogP contribution < -0.4 is 10.5 Å². The minimum absolute atomic E-state index is 0.157. The Hall–Kier alpha value is -4.01. The van der Waals surface area contributed by atoms with E-state index >= 15 is 0 Å². The lowest BCUT2D eigenvalue weighted by Crippen LogP contribution is -2.68. The van der Waals surface area contributed by atoms with Crippen molar-refractivity contribution < 1.29 is 14.4 Å². The number of carbonyl (C=O) groups is 3. The zero-order valence-corrected chi connectivity index (χ0v) is 17.8. The smallest absolute Gasteiger partial charge is 0.332 e. The van der Waals surface area contributed by atoms with Gasteiger partial charge >= 0.3 is 6.03 Å². The van der Waals surface area contributed by atoms with Gasteiger partial charge in [-0.3, -0.25) is 28.6 Å². The fourth-order valence-electron chi connectivity index (χ4n) is 5.01. The molecule has 2 aliphatic rings. The molecule has 1 atom stereocenters. The molecule has 1 fully saturated rings. The number of nitrogens with zero attached hydrogens (tertiary/aromatic N) is 5. The Labute approximate surface area is 183 Å². The van der Waals surface area contributed by atoms with Gasteiger partial charge < -0.3 is 4.90 Å². The van der Waals surface area contributed by atoms with Gasteiger partial charge in [0, 0.05) is 33.8 Å². The molecule has 2 aromatic heterocycles. The van der Waals surface area contributed by atoms with Crippen LogP contribution in [-0.4, -0.2) is 58.2 Å². The van der Waals surface area contributed by atoms with Crippen molar-refractivity contribution in [3.05, 3.63) is 76.2 Å². The molecule has 0 bridgehead atoms. The molecule has 0 radical (unpaired) electrons. The number of hydrogen-bond donors (Lipinski definition) is 0. The number of urea groups is 1. The molecule has 1 aromatic carbocycles. The molecule has 162 valence electrons. The first-order chi connectivity index (χ1) is 15.3. The Morgan fingerprint density at radius 2 is 1.50 bits per heavy atom. The summed E-state index contributed by atoms with van der Waals surface area (Å²) in [4.78, 5) is 61.6. The summed E-state index contributed by atoms with van der Waals surface area (Å²) in [6.45, 7) is 0. The van der Waals surface area contributed by atoms with E-state index in [1.54, 1.807) is 36.3 Å². The SMILES string of the molecule is CN1C(=O)N(C)C(=O)C2(Cc3c(nc4ccccn4c3=O)N(C)C2c2ccccc2)C1=O. The molecule has 9 nitrogen and oxygen atoms in total. The average Bonchev–Trinajstić information content (AvgIpc) is 2.82. The second-order valence-electron chi connectivity index (χ2n) is 8.23. The Bertz CT molecular complexity index is 1330. The number of carbonyl (C=O) groups excluding carboxylic acids is 3. The van der Waals surface area contributed by atoms with E-state index in [9.17, 15) is 19.2 Å². The highest BCUT2D eigenvalue weighted by Crippen LogP contribution is 2.50. The van der Waals surface area contributed by atoms with Crippen LogP contribution in [0.2, 0.25) is 0 Å². The summed E-state index contributed by atoms with van der Waals surface area (Å²) in [7, 11) is 4.44. The molecule has 9 heteroatoms. The summed E-state index contributed by atoms with van der Waals surface area (Å²) in [5, 5.41) is 0. The van der Waals surface area contributed by atoms with E-state index in [0.717, 1.165) is 9.80 Å². The lowest BCUT2D eigenvalue weighted by atomic mass is 9.67. The number of barbiturate groups is 1. The predicted molar refractivity (Wildman–Crippen MR) is 116 cm³/mol. The zero-order chi connectivity index (χ0) is 22.8. The van der Waals surface area contributed by atoms with Crippen LogP contribution in [0.1, 0.15) is 17.2 Å². The van der Waals surface area contributed by atoms with Crippen molar-refractivity contribution in [3.63, 3.8) is 0 Å². The van der Waals surface area contributed by atoms with Crippen LogP contribution >= 0.6 is 0 Å². The normalized spacial score (nSPS) is 20.3. The van der Waals surface area contributed by atoms with Crippen molar-refractivity contribution in [3.8, 4) is 0 Å². The number of aromatic nitrogens is 2. The lowest BCUT2D eigenvalue weighted by Gasteiger charge is -2.51. The standard InChI is InChI=1S/C23H21N5O4/c1-25-17(14-9-5-4-6-10-14)23(20(30)26(2)22(32)27(3)21(23)31)13-15-18(25)24-16-11-7-8-12-28(16)19(15)29/h4-12,17H,13H2,1-3H3. The van der Waals surface area contributed by atoms with Gasteiger partial charge in [0.15, 0.2) is 5.41 Å². The second kappa shape index (κ2) is 6.74. The fourth-order valence-corrected chi connectivity index (χ4v) is 5.01.